The average Bonchev–Trinajstić information content (AvgIpc) is 3.15. The number of hydrogen-bond donors (Lipinski definition) is 0. The maximum atomic E-state index is 10.7. The highest BCUT2D eigenvalue weighted by Gasteiger charge is 2.62. The van der Waals surface area contributed by atoms with Gasteiger partial charge in [0.2, 0.25) is 0 Å². The Morgan fingerprint density at radius 1 is 1.21 bits per heavy atom. The number of hydrogen-bond acceptors (Lipinski definition) is 4. The third-order valence-corrected chi connectivity index (χ3v) is 7.71. The Morgan fingerprint density at radius 2 is 1.96 bits per heavy atom. The minimum absolute atomic E-state index is 0.0808. The lowest BCUT2D eigenvalue weighted by molar-refractivity contribution is -0.384. The Kier molecular flexibility index (Phi) is 4.80. The van der Waals surface area contributed by atoms with Gasteiger partial charge in [0.1, 0.15) is 6.61 Å². The summed E-state index contributed by atoms with van der Waals surface area (Å²) in [5.74, 6) is 2.35. The molecule has 5 nitrogen and oxygen atoms in total. The largest absolute Gasteiger partial charge is 0.392 e. The first kappa shape index (κ1) is 19.2. The smallest absolute Gasteiger partial charge is 0.269 e. The van der Waals surface area contributed by atoms with E-state index in [4.69, 9.17) is 4.84 Å². The van der Waals surface area contributed by atoms with Crippen LogP contribution in [-0.2, 0) is 4.84 Å². The van der Waals surface area contributed by atoms with Gasteiger partial charge in [-0.05, 0) is 78.0 Å². The molecule has 0 radical (unpaired) electrons. The monoisotopic (exact) mass is 382 g/mol. The Labute approximate surface area is 167 Å². The van der Waals surface area contributed by atoms with Crippen LogP contribution in [0.15, 0.2) is 41.1 Å². The zero-order chi connectivity index (χ0) is 19.9. The predicted octanol–water partition coefficient (Wildman–Crippen LogP) is 5.74. The Bertz CT molecular complexity index is 812. The predicted molar refractivity (Wildman–Crippen MR) is 110 cm³/mol. The topological polar surface area (TPSA) is 64.7 Å². The van der Waals surface area contributed by atoms with Gasteiger partial charge in [-0.1, -0.05) is 37.9 Å². The van der Waals surface area contributed by atoms with Crippen molar-refractivity contribution in [2.24, 2.45) is 33.7 Å². The van der Waals surface area contributed by atoms with Crippen molar-refractivity contribution in [1.82, 2.24) is 0 Å². The van der Waals surface area contributed by atoms with Crippen LogP contribution < -0.4 is 0 Å². The second-order valence-electron chi connectivity index (χ2n) is 9.61. The van der Waals surface area contributed by atoms with Crippen molar-refractivity contribution >= 4 is 11.9 Å². The Morgan fingerprint density at radius 3 is 2.68 bits per heavy atom. The number of nitrogens with zero attached hydrogens (tertiary/aromatic N) is 2. The molecular weight excluding hydrogens is 352 g/mol. The molecule has 1 aromatic rings. The molecule has 4 rings (SSSR count). The van der Waals surface area contributed by atoms with Gasteiger partial charge >= 0.3 is 0 Å². The molecule has 3 aliphatic carbocycles. The third kappa shape index (κ3) is 3.15. The van der Waals surface area contributed by atoms with E-state index >= 15 is 0 Å². The summed E-state index contributed by atoms with van der Waals surface area (Å²) < 4.78 is 0. The molecule has 28 heavy (non-hydrogen) atoms. The van der Waals surface area contributed by atoms with E-state index in [1.165, 1.54) is 44.2 Å². The fourth-order valence-electron chi connectivity index (χ4n) is 6.53. The second kappa shape index (κ2) is 7.02. The van der Waals surface area contributed by atoms with Gasteiger partial charge in [-0.25, -0.2) is 0 Å². The van der Waals surface area contributed by atoms with Crippen LogP contribution in [0, 0.1) is 38.7 Å². The Hall–Kier alpha value is -2.17. The van der Waals surface area contributed by atoms with Crippen molar-refractivity contribution in [2.45, 2.75) is 52.9 Å². The molecule has 0 heterocycles. The molecule has 5 heteroatoms. The van der Waals surface area contributed by atoms with Crippen LogP contribution in [0.2, 0.25) is 0 Å². The zero-order valence-electron chi connectivity index (χ0n) is 17.1. The van der Waals surface area contributed by atoms with E-state index < -0.39 is 4.92 Å². The van der Waals surface area contributed by atoms with Crippen LogP contribution in [0.5, 0.6) is 0 Å². The minimum atomic E-state index is -0.403. The first-order valence-corrected chi connectivity index (χ1v) is 10.4. The van der Waals surface area contributed by atoms with E-state index in [0.29, 0.717) is 23.4 Å². The average molecular weight is 383 g/mol. The third-order valence-electron chi connectivity index (χ3n) is 7.71. The molecule has 1 aromatic carbocycles. The molecule has 0 aliphatic heterocycles. The van der Waals surface area contributed by atoms with Gasteiger partial charge in [0.15, 0.2) is 0 Å². The van der Waals surface area contributed by atoms with Gasteiger partial charge in [0.25, 0.3) is 5.69 Å². The number of allylic oxidation sites excluding steroid dienone is 1. The van der Waals surface area contributed by atoms with E-state index in [0.717, 1.165) is 17.4 Å². The van der Waals surface area contributed by atoms with E-state index in [-0.39, 0.29) is 5.69 Å². The van der Waals surface area contributed by atoms with Crippen LogP contribution in [0.1, 0.15) is 58.4 Å². The van der Waals surface area contributed by atoms with Crippen molar-refractivity contribution in [3.8, 4) is 0 Å². The molecule has 0 saturated heterocycles. The summed E-state index contributed by atoms with van der Waals surface area (Å²) in [6.07, 6.45) is 10.6. The maximum absolute atomic E-state index is 10.7. The summed E-state index contributed by atoms with van der Waals surface area (Å²) in [6.45, 7) is 7.92. The van der Waals surface area contributed by atoms with E-state index in [9.17, 15) is 10.1 Å². The first-order chi connectivity index (χ1) is 13.3. The zero-order valence-corrected chi connectivity index (χ0v) is 17.1. The van der Waals surface area contributed by atoms with Crippen LogP contribution in [-0.4, -0.2) is 17.7 Å². The molecule has 0 aromatic heterocycles. The fourth-order valence-corrected chi connectivity index (χ4v) is 6.53. The molecule has 4 bridgehead atoms. The van der Waals surface area contributed by atoms with Gasteiger partial charge < -0.3 is 4.84 Å². The minimum Gasteiger partial charge on any atom is -0.392 e. The molecule has 4 atom stereocenters. The molecule has 3 saturated carbocycles. The molecular formula is C23H30N2O3. The summed E-state index contributed by atoms with van der Waals surface area (Å²) in [7, 11) is 0. The molecule has 0 amide bonds. The van der Waals surface area contributed by atoms with E-state index in [2.05, 4.69) is 32.0 Å². The van der Waals surface area contributed by atoms with Gasteiger partial charge in [0.05, 0.1) is 11.1 Å². The van der Waals surface area contributed by atoms with Crippen molar-refractivity contribution in [1.29, 1.82) is 0 Å². The summed E-state index contributed by atoms with van der Waals surface area (Å²) >= 11 is 0. The van der Waals surface area contributed by atoms with E-state index in [1.807, 2.05) is 0 Å². The lowest BCUT2D eigenvalue weighted by atomic mass is 9.68. The highest BCUT2D eigenvalue weighted by molar-refractivity contribution is 5.79. The highest BCUT2D eigenvalue weighted by Crippen LogP contribution is 2.70. The number of nitro benzene ring substituents is 1. The fraction of sp³-hybridized carbons (Fsp3) is 0.609. The maximum Gasteiger partial charge on any atom is 0.269 e. The lowest BCUT2D eigenvalue weighted by Crippen LogP contribution is -2.28. The van der Waals surface area contributed by atoms with Crippen molar-refractivity contribution in [2.75, 3.05) is 6.61 Å². The quantitative estimate of drug-likeness (QED) is 0.214. The Balaban J connectivity index is 1.42. The normalized spacial score (nSPS) is 34.7. The summed E-state index contributed by atoms with van der Waals surface area (Å²) in [5.41, 5.74) is 3.27. The molecule has 150 valence electrons. The van der Waals surface area contributed by atoms with Crippen molar-refractivity contribution < 1.29 is 9.76 Å². The molecule has 0 N–H and O–H groups in total. The van der Waals surface area contributed by atoms with Gasteiger partial charge in [-0.15, -0.1) is 0 Å². The standard InChI is InChI=1S/C23H30N2O3/c1-22(2)12-4-13-23(3)19(18-9-10-20(23)21(18)22)11-14-28-24-15-16-5-7-17(8-6-16)25(26)27/h5-8,11,15,18,20-21H,4,9-10,12-14H2,1-3H3/b19-11?,24-15+/t18-,20-,21-,23-/m1/s1. The number of non-ortho nitro benzene ring substituents is 1. The SMILES string of the molecule is CC1(C)CCC[C@]2(C)C(=CCO/N=C/c3ccc([N+](=O)[O-])cc3)[C@H]3CC[C@@H]2[C@@H]31. The van der Waals surface area contributed by atoms with Gasteiger partial charge in [-0.3, -0.25) is 10.1 Å². The number of rotatable bonds is 5. The second-order valence-corrected chi connectivity index (χ2v) is 9.61. The molecule has 3 aliphatic rings. The van der Waals surface area contributed by atoms with Crippen LogP contribution >= 0.6 is 0 Å². The van der Waals surface area contributed by atoms with Crippen LogP contribution in [0.4, 0.5) is 5.69 Å². The summed E-state index contributed by atoms with van der Waals surface area (Å²) in [4.78, 5) is 15.8. The highest BCUT2D eigenvalue weighted by atomic mass is 16.6. The molecule has 3 fully saturated rings. The van der Waals surface area contributed by atoms with Crippen molar-refractivity contribution in [3.05, 3.63) is 51.6 Å². The van der Waals surface area contributed by atoms with Crippen LogP contribution in [0.25, 0.3) is 0 Å². The molecule has 0 unspecified atom stereocenters. The summed E-state index contributed by atoms with van der Waals surface area (Å²) in [5, 5.41) is 14.8. The molecule has 0 spiro atoms. The van der Waals surface area contributed by atoms with Gasteiger partial charge in [0, 0.05) is 12.1 Å². The summed E-state index contributed by atoms with van der Waals surface area (Å²) in [6, 6.07) is 6.30. The number of benzene rings is 1. The van der Waals surface area contributed by atoms with Crippen LogP contribution in [0.3, 0.4) is 0 Å². The first-order valence-electron chi connectivity index (χ1n) is 10.4. The lowest BCUT2D eigenvalue weighted by Gasteiger charge is -2.36. The van der Waals surface area contributed by atoms with Gasteiger partial charge in [-0.2, -0.15) is 0 Å². The van der Waals surface area contributed by atoms with E-state index in [1.54, 1.807) is 23.9 Å². The number of oxime groups is 1. The number of nitro groups is 1. The van der Waals surface area contributed by atoms with Crippen molar-refractivity contribution in [3.63, 3.8) is 0 Å².